The Morgan fingerprint density at radius 3 is 2.75 bits per heavy atom. The maximum atomic E-state index is 12.6. The van der Waals surface area contributed by atoms with Crippen LogP contribution < -0.4 is 0 Å². The summed E-state index contributed by atoms with van der Waals surface area (Å²) in [7, 11) is 0. The fourth-order valence-electron chi connectivity index (χ4n) is 7.70. The summed E-state index contributed by atoms with van der Waals surface area (Å²) >= 11 is 0. The fourth-order valence-corrected chi connectivity index (χ4v) is 7.70. The molecule has 0 saturated heterocycles. The van der Waals surface area contributed by atoms with Crippen molar-refractivity contribution < 1.29 is 18.7 Å². The highest BCUT2D eigenvalue weighted by Crippen LogP contribution is 2.65. The molecule has 4 aliphatic rings. The van der Waals surface area contributed by atoms with Crippen LogP contribution in [0.1, 0.15) is 82.2 Å². The van der Waals surface area contributed by atoms with Crippen LogP contribution >= 0.6 is 0 Å². The van der Waals surface area contributed by atoms with Gasteiger partial charge in [-0.2, -0.15) is 0 Å². The summed E-state index contributed by atoms with van der Waals surface area (Å²) in [5.41, 5.74) is 0.295. The van der Waals surface area contributed by atoms with E-state index in [1.54, 1.807) is 12.1 Å². The van der Waals surface area contributed by atoms with Gasteiger partial charge in [0.05, 0.1) is 6.26 Å². The molecule has 0 bridgehead atoms. The van der Waals surface area contributed by atoms with E-state index in [1.165, 1.54) is 25.5 Å². The van der Waals surface area contributed by atoms with Crippen LogP contribution in [-0.4, -0.2) is 17.9 Å². The molecule has 1 aromatic heterocycles. The average Bonchev–Trinajstić information content (AvgIpc) is 3.31. The lowest BCUT2D eigenvalue weighted by atomic mass is 9.45. The number of carbonyl (C=O) groups is 2. The van der Waals surface area contributed by atoms with Crippen molar-refractivity contribution in [2.75, 3.05) is 0 Å². The summed E-state index contributed by atoms with van der Waals surface area (Å²) in [6, 6.07) is 3.39. The summed E-state index contributed by atoms with van der Waals surface area (Å²) in [5.74, 6) is 3.17. The van der Waals surface area contributed by atoms with E-state index >= 15 is 0 Å². The molecule has 4 aliphatic carbocycles. The lowest BCUT2D eigenvalue weighted by molar-refractivity contribution is -0.142. The van der Waals surface area contributed by atoms with Crippen LogP contribution in [-0.2, 0) is 9.53 Å². The second kappa shape index (κ2) is 6.47. The Bertz CT molecular complexity index is 768. The molecule has 28 heavy (non-hydrogen) atoms. The molecule has 4 fully saturated rings. The molecule has 0 amide bonds. The minimum Gasteiger partial charge on any atom is -0.457 e. The second-order valence-corrected chi connectivity index (χ2v) is 10.4. The summed E-state index contributed by atoms with van der Waals surface area (Å²) < 4.78 is 11.0. The maximum absolute atomic E-state index is 12.6. The number of Topliss-reactive ketones (excluding diaryl/α,β-unsaturated/α-hetero) is 1. The minimum atomic E-state index is -0.329. The van der Waals surface area contributed by atoms with Gasteiger partial charge in [-0.3, -0.25) is 4.79 Å². The number of esters is 1. The zero-order chi connectivity index (χ0) is 19.5. The van der Waals surface area contributed by atoms with Crippen molar-refractivity contribution in [1.82, 2.24) is 0 Å². The largest absolute Gasteiger partial charge is 0.457 e. The Morgan fingerprint density at radius 1 is 1.11 bits per heavy atom. The molecule has 1 aromatic rings. The molecule has 4 heteroatoms. The van der Waals surface area contributed by atoms with Gasteiger partial charge in [0.25, 0.3) is 0 Å². The van der Waals surface area contributed by atoms with Gasteiger partial charge in [-0.1, -0.05) is 13.8 Å². The van der Waals surface area contributed by atoms with E-state index < -0.39 is 0 Å². The van der Waals surface area contributed by atoms with Crippen molar-refractivity contribution in [3.63, 3.8) is 0 Å². The van der Waals surface area contributed by atoms with Gasteiger partial charge in [-0.05, 0) is 92.6 Å². The molecule has 4 nitrogen and oxygen atoms in total. The normalized spacial score (nSPS) is 45.1. The summed E-state index contributed by atoms with van der Waals surface area (Å²) in [4.78, 5) is 24.8. The van der Waals surface area contributed by atoms with E-state index in [9.17, 15) is 9.59 Å². The highest BCUT2D eigenvalue weighted by molar-refractivity contribution is 5.87. The number of hydrogen-bond donors (Lipinski definition) is 0. The number of hydrogen-bond acceptors (Lipinski definition) is 4. The van der Waals surface area contributed by atoms with E-state index in [2.05, 4.69) is 13.8 Å². The molecule has 4 saturated carbocycles. The van der Waals surface area contributed by atoms with E-state index in [4.69, 9.17) is 9.15 Å². The molecular weight excluding hydrogens is 352 g/mol. The number of ketones is 1. The van der Waals surface area contributed by atoms with Crippen LogP contribution in [0, 0.1) is 34.5 Å². The monoisotopic (exact) mass is 384 g/mol. The smallest absolute Gasteiger partial charge is 0.374 e. The topological polar surface area (TPSA) is 56.5 Å². The lowest BCUT2D eigenvalue weighted by Crippen LogP contribution is -2.54. The third-order valence-electron chi connectivity index (χ3n) is 9.32. The predicted octanol–water partition coefficient (Wildman–Crippen LogP) is 5.42. The van der Waals surface area contributed by atoms with Gasteiger partial charge in [0.15, 0.2) is 0 Å². The quantitative estimate of drug-likeness (QED) is 0.639. The Labute approximate surface area is 167 Å². The highest BCUT2D eigenvalue weighted by atomic mass is 16.6. The van der Waals surface area contributed by atoms with E-state index in [0.29, 0.717) is 34.7 Å². The molecule has 152 valence electrons. The van der Waals surface area contributed by atoms with E-state index in [-0.39, 0.29) is 17.5 Å². The van der Waals surface area contributed by atoms with Crippen molar-refractivity contribution in [3.8, 4) is 0 Å². The van der Waals surface area contributed by atoms with Crippen molar-refractivity contribution in [1.29, 1.82) is 0 Å². The molecule has 0 aliphatic heterocycles. The average molecular weight is 385 g/mol. The summed E-state index contributed by atoms with van der Waals surface area (Å²) in [6.45, 7) is 4.75. The van der Waals surface area contributed by atoms with Crippen LogP contribution in [0.3, 0.4) is 0 Å². The molecule has 5 rings (SSSR count). The van der Waals surface area contributed by atoms with Crippen LogP contribution in [0.5, 0.6) is 0 Å². The number of rotatable bonds is 2. The van der Waals surface area contributed by atoms with E-state index in [0.717, 1.165) is 44.4 Å². The molecule has 0 aromatic carbocycles. The van der Waals surface area contributed by atoms with Crippen molar-refractivity contribution in [2.24, 2.45) is 34.5 Å². The van der Waals surface area contributed by atoms with Crippen LogP contribution in [0.25, 0.3) is 0 Å². The lowest BCUT2D eigenvalue weighted by Gasteiger charge is -2.60. The highest BCUT2D eigenvalue weighted by Gasteiger charge is 2.60. The molecule has 0 radical (unpaired) electrons. The Balaban J connectivity index is 1.30. The van der Waals surface area contributed by atoms with Gasteiger partial charge in [0, 0.05) is 11.8 Å². The fraction of sp³-hybridized carbons (Fsp3) is 0.750. The summed E-state index contributed by atoms with van der Waals surface area (Å²) in [5, 5.41) is 0. The van der Waals surface area contributed by atoms with Crippen molar-refractivity contribution in [3.05, 3.63) is 24.2 Å². The third-order valence-corrected chi connectivity index (χ3v) is 9.32. The van der Waals surface area contributed by atoms with E-state index in [1.807, 2.05) is 0 Å². The molecular formula is C24H32O4. The molecule has 0 unspecified atom stereocenters. The van der Waals surface area contributed by atoms with Gasteiger partial charge in [-0.25, -0.2) is 4.79 Å². The maximum Gasteiger partial charge on any atom is 0.374 e. The van der Waals surface area contributed by atoms with Crippen molar-refractivity contribution >= 4 is 11.8 Å². The SMILES string of the molecule is C[C@@]12CC[C@@H](OC(=O)c3ccco3)C[C@@H]1CC[C@H]1[C@H]2CC[C@]2(C)C(=O)CC[C@H]12. The molecule has 0 N–H and O–H groups in total. The van der Waals surface area contributed by atoms with Gasteiger partial charge < -0.3 is 9.15 Å². The Morgan fingerprint density at radius 2 is 1.96 bits per heavy atom. The third kappa shape index (κ3) is 2.63. The summed E-state index contributed by atoms with van der Waals surface area (Å²) in [6.07, 6.45) is 11.2. The second-order valence-electron chi connectivity index (χ2n) is 10.4. The number of ether oxygens (including phenoxy) is 1. The first kappa shape index (κ1) is 18.4. The number of fused-ring (bicyclic) bond motifs is 5. The van der Waals surface area contributed by atoms with Crippen LogP contribution in [0.4, 0.5) is 0 Å². The number of furan rings is 1. The standard InChI is InChI=1S/C24H32O4/c1-23-11-9-16(28-22(26)20-4-3-13-27-20)14-15(23)5-6-17-18-7-8-21(25)24(18,2)12-10-19(17)23/h3-4,13,15-19H,5-12,14H2,1-2H3/t15-,16+,17+,18+,19+,23+,24-/m0/s1. The number of carbonyl (C=O) groups excluding carboxylic acids is 2. The van der Waals surface area contributed by atoms with Gasteiger partial charge in [-0.15, -0.1) is 0 Å². The first-order valence-corrected chi connectivity index (χ1v) is 11.2. The molecule has 0 spiro atoms. The van der Waals surface area contributed by atoms with Crippen LogP contribution in [0.15, 0.2) is 22.8 Å². The Kier molecular flexibility index (Phi) is 4.26. The van der Waals surface area contributed by atoms with Crippen molar-refractivity contribution in [2.45, 2.75) is 77.7 Å². The Hall–Kier alpha value is -1.58. The molecule has 1 heterocycles. The zero-order valence-electron chi connectivity index (χ0n) is 17.1. The van der Waals surface area contributed by atoms with Gasteiger partial charge >= 0.3 is 5.97 Å². The molecule has 7 atom stereocenters. The van der Waals surface area contributed by atoms with Gasteiger partial charge in [0.1, 0.15) is 11.9 Å². The zero-order valence-corrected chi connectivity index (χ0v) is 17.1. The predicted molar refractivity (Wildman–Crippen MR) is 105 cm³/mol. The minimum absolute atomic E-state index is 0.00846. The first-order chi connectivity index (χ1) is 13.4. The van der Waals surface area contributed by atoms with Crippen LogP contribution in [0.2, 0.25) is 0 Å². The van der Waals surface area contributed by atoms with Gasteiger partial charge in [0.2, 0.25) is 5.76 Å². The first-order valence-electron chi connectivity index (χ1n) is 11.2.